The Morgan fingerprint density at radius 3 is 2.40 bits per heavy atom. The van der Waals surface area contributed by atoms with Crippen molar-refractivity contribution >= 4 is 11.4 Å². The average Bonchev–Trinajstić information content (AvgIpc) is 2.45. The van der Waals surface area contributed by atoms with Crippen LogP contribution in [0.3, 0.4) is 0 Å². The molecule has 2 rings (SSSR count). The Hall–Kier alpha value is -1.26. The monoisotopic (exact) mass is 278 g/mol. The van der Waals surface area contributed by atoms with Gasteiger partial charge in [-0.25, -0.2) is 0 Å². The number of anilines is 2. The molecule has 0 aliphatic heterocycles. The highest BCUT2D eigenvalue weighted by Gasteiger charge is 2.47. The molecule has 1 aromatic carbocycles. The standard InChI is InChI=1S/C16H26N2O2/c1-4-18(9-10-19)13-7-5-12(6-8-13)17-14-11-15(20)16(14,2)3/h5-8,14-15,17,19-20H,4,9-11H2,1-3H3. The zero-order valence-electron chi connectivity index (χ0n) is 12.6. The minimum atomic E-state index is -0.209. The van der Waals surface area contributed by atoms with E-state index in [-0.39, 0.29) is 18.1 Å². The van der Waals surface area contributed by atoms with Crippen molar-refractivity contribution in [2.45, 2.75) is 39.3 Å². The van der Waals surface area contributed by atoms with Crippen molar-refractivity contribution < 1.29 is 10.2 Å². The highest BCUT2D eigenvalue weighted by Crippen LogP contribution is 2.42. The number of nitrogens with zero attached hydrogens (tertiary/aromatic N) is 1. The van der Waals surface area contributed by atoms with Crippen molar-refractivity contribution in [3.8, 4) is 0 Å². The summed E-state index contributed by atoms with van der Waals surface area (Å²) in [5.41, 5.74) is 2.14. The lowest BCUT2D eigenvalue weighted by molar-refractivity contribution is -0.0510. The molecule has 2 atom stereocenters. The quantitative estimate of drug-likeness (QED) is 0.746. The van der Waals surface area contributed by atoms with E-state index < -0.39 is 0 Å². The van der Waals surface area contributed by atoms with E-state index in [2.05, 4.69) is 55.3 Å². The Kier molecular flexibility index (Phi) is 4.55. The minimum Gasteiger partial charge on any atom is -0.395 e. The number of hydrogen-bond acceptors (Lipinski definition) is 4. The highest BCUT2D eigenvalue weighted by atomic mass is 16.3. The molecule has 1 aliphatic rings. The first-order valence-electron chi connectivity index (χ1n) is 7.39. The molecule has 0 amide bonds. The second-order valence-corrected chi connectivity index (χ2v) is 6.12. The molecule has 0 bridgehead atoms. The fourth-order valence-electron chi connectivity index (χ4n) is 2.71. The summed E-state index contributed by atoms with van der Waals surface area (Å²) >= 11 is 0. The summed E-state index contributed by atoms with van der Waals surface area (Å²) in [4.78, 5) is 2.14. The van der Waals surface area contributed by atoms with Gasteiger partial charge in [0.1, 0.15) is 0 Å². The Balaban J connectivity index is 1.98. The molecule has 1 aliphatic carbocycles. The van der Waals surface area contributed by atoms with Crippen LogP contribution >= 0.6 is 0 Å². The molecule has 4 heteroatoms. The molecule has 112 valence electrons. The van der Waals surface area contributed by atoms with E-state index in [1.807, 2.05) is 0 Å². The SMILES string of the molecule is CCN(CCO)c1ccc(NC2CC(O)C2(C)C)cc1. The van der Waals surface area contributed by atoms with Crippen LogP contribution in [0.25, 0.3) is 0 Å². The lowest BCUT2D eigenvalue weighted by Crippen LogP contribution is -2.56. The van der Waals surface area contributed by atoms with Crippen LogP contribution in [0.15, 0.2) is 24.3 Å². The molecule has 4 nitrogen and oxygen atoms in total. The van der Waals surface area contributed by atoms with Gasteiger partial charge in [-0.05, 0) is 37.6 Å². The van der Waals surface area contributed by atoms with Gasteiger partial charge in [-0.3, -0.25) is 0 Å². The molecule has 0 saturated heterocycles. The van der Waals surface area contributed by atoms with E-state index in [0.29, 0.717) is 12.6 Å². The molecular formula is C16H26N2O2. The van der Waals surface area contributed by atoms with E-state index in [1.165, 1.54) is 0 Å². The van der Waals surface area contributed by atoms with Gasteiger partial charge in [0.25, 0.3) is 0 Å². The Bertz CT molecular complexity index is 431. The first kappa shape index (κ1) is 15.1. The molecule has 1 fully saturated rings. The van der Waals surface area contributed by atoms with E-state index in [9.17, 15) is 5.11 Å². The second kappa shape index (κ2) is 6.02. The van der Waals surface area contributed by atoms with Gasteiger partial charge in [0, 0.05) is 35.9 Å². The molecule has 1 aromatic rings. The van der Waals surface area contributed by atoms with E-state index in [4.69, 9.17) is 5.11 Å². The van der Waals surface area contributed by atoms with Gasteiger partial charge in [-0.2, -0.15) is 0 Å². The second-order valence-electron chi connectivity index (χ2n) is 6.12. The van der Waals surface area contributed by atoms with E-state index in [0.717, 1.165) is 24.3 Å². The zero-order valence-corrected chi connectivity index (χ0v) is 12.6. The predicted molar refractivity (Wildman–Crippen MR) is 83.2 cm³/mol. The molecule has 2 unspecified atom stereocenters. The van der Waals surface area contributed by atoms with Crippen molar-refractivity contribution in [1.29, 1.82) is 0 Å². The van der Waals surface area contributed by atoms with Crippen molar-refractivity contribution in [2.24, 2.45) is 5.41 Å². The molecule has 0 radical (unpaired) electrons. The van der Waals surface area contributed by atoms with Gasteiger partial charge in [-0.1, -0.05) is 13.8 Å². The lowest BCUT2D eigenvalue weighted by Gasteiger charge is -2.49. The normalized spacial score (nSPS) is 24.1. The minimum absolute atomic E-state index is 0.0645. The number of benzene rings is 1. The van der Waals surface area contributed by atoms with Crippen molar-refractivity contribution in [1.82, 2.24) is 0 Å². The first-order chi connectivity index (χ1) is 9.48. The Labute approximate surface area is 121 Å². The summed E-state index contributed by atoms with van der Waals surface area (Å²) < 4.78 is 0. The largest absolute Gasteiger partial charge is 0.395 e. The number of likely N-dealkylation sites (N-methyl/N-ethyl adjacent to an activating group) is 1. The van der Waals surface area contributed by atoms with Crippen LogP contribution in [0.2, 0.25) is 0 Å². The van der Waals surface area contributed by atoms with E-state index in [1.54, 1.807) is 0 Å². The molecule has 20 heavy (non-hydrogen) atoms. The number of hydrogen-bond donors (Lipinski definition) is 3. The Morgan fingerprint density at radius 1 is 1.30 bits per heavy atom. The summed E-state index contributed by atoms with van der Waals surface area (Å²) in [6.07, 6.45) is 0.597. The zero-order chi connectivity index (χ0) is 14.8. The summed E-state index contributed by atoms with van der Waals surface area (Å²) in [6, 6.07) is 8.60. The van der Waals surface area contributed by atoms with Gasteiger partial charge in [-0.15, -0.1) is 0 Å². The van der Waals surface area contributed by atoms with Crippen LogP contribution in [0.4, 0.5) is 11.4 Å². The molecule has 0 spiro atoms. The Morgan fingerprint density at radius 2 is 1.95 bits per heavy atom. The van der Waals surface area contributed by atoms with Crippen LogP contribution in [-0.4, -0.2) is 42.1 Å². The van der Waals surface area contributed by atoms with Crippen molar-refractivity contribution in [3.63, 3.8) is 0 Å². The lowest BCUT2D eigenvalue weighted by atomic mass is 9.64. The number of aliphatic hydroxyl groups is 2. The summed E-state index contributed by atoms with van der Waals surface area (Å²) in [6.45, 7) is 7.98. The van der Waals surface area contributed by atoms with Gasteiger partial charge >= 0.3 is 0 Å². The maximum atomic E-state index is 9.76. The third-order valence-corrected chi connectivity index (χ3v) is 4.54. The van der Waals surface area contributed by atoms with Gasteiger partial charge in [0.05, 0.1) is 12.7 Å². The fourth-order valence-corrected chi connectivity index (χ4v) is 2.71. The highest BCUT2D eigenvalue weighted by molar-refractivity contribution is 5.55. The molecule has 3 N–H and O–H groups in total. The van der Waals surface area contributed by atoms with Crippen LogP contribution in [0.5, 0.6) is 0 Å². The molecule has 0 aromatic heterocycles. The third kappa shape index (κ3) is 2.91. The predicted octanol–water partition coefficient (Wildman–Crippen LogP) is 2.08. The summed E-state index contributed by atoms with van der Waals surface area (Å²) in [5, 5.41) is 22.3. The van der Waals surface area contributed by atoms with E-state index >= 15 is 0 Å². The third-order valence-electron chi connectivity index (χ3n) is 4.54. The maximum absolute atomic E-state index is 9.76. The molecule has 0 heterocycles. The number of nitrogens with one attached hydrogen (secondary N) is 1. The smallest absolute Gasteiger partial charge is 0.0630 e. The van der Waals surface area contributed by atoms with Gasteiger partial charge in [0.15, 0.2) is 0 Å². The molecular weight excluding hydrogens is 252 g/mol. The summed E-state index contributed by atoms with van der Waals surface area (Å²) in [7, 11) is 0. The first-order valence-corrected chi connectivity index (χ1v) is 7.39. The number of aliphatic hydroxyl groups excluding tert-OH is 2. The van der Waals surface area contributed by atoms with Crippen molar-refractivity contribution in [2.75, 3.05) is 29.9 Å². The van der Waals surface area contributed by atoms with Crippen LogP contribution in [0, 0.1) is 5.41 Å². The van der Waals surface area contributed by atoms with Crippen LogP contribution in [-0.2, 0) is 0 Å². The van der Waals surface area contributed by atoms with Crippen molar-refractivity contribution in [3.05, 3.63) is 24.3 Å². The summed E-state index contributed by atoms with van der Waals surface area (Å²) in [5.74, 6) is 0. The number of rotatable bonds is 6. The van der Waals surface area contributed by atoms with Crippen LogP contribution in [0.1, 0.15) is 27.2 Å². The molecule has 1 saturated carbocycles. The fraction of sp³-hybridized carbons (Fsp3) is 0.625. The van der Waals surface area contributed by atoms with Crippen LogP contribution < -0.4 is 10.2 Å². The van der Waals surface area contributed by atoms with Gasteiger partial charge in [0.2, 0.25) is 0 Å². The average molecular weight is 278 g/mol. The topological polar surface area (TPSA) is 55.7 Å². The maximum Gasteiger partial charge on any atom is 0.0630 e. The van der Waals surface area contributed by atoms with Gasteiger partial charge < -0.3 is 20.4 Å².